The minimum atomic E-state index is -0.158. The first-order chi connectivity index (χ1) is 8.03. The number of nitrogens with two attached hydrogens (primary N) is 1. The fourth-order valence-electron chi connectivity index (χ4n) is 2.00. The normalized spacial score (nSPS) is 30.5. The maximum atomic E-state index is 6.17. The molecule has 100 valence electrons. The van der Waals surface area contributed by atoms with Crippen molar-refractivity contribution < 1.29 is 0 Å². The monoisotopic (exact) mass is 264 g/mol. The minimum Gasteiger partial charge on any atom is -0.384 e. The van der Waals surface area contributed by atoms with Crippen LogP contribution in [0.4, 0.5) is 0 Å². The van der Waals surface area contributed by atoms with E-state index in [-0.39, 0.29) is 10.3 Å². The first-order valence-corrected chi connectivity index (χ1v) is 7.42. The largest absolute Gasteiger partial charge is 0.384 e. The van der Waals surface area contributed by atoms with E-state index < -0.39 is 0 Å². The molecule has 1 fully saturated rings. The molecular weight excluding hydrogens is 239 g/mol. The van der Waals surface area contributed by atoms with Crippen molar-refractivity contribution in [2.24, 2.45) is 16.6 Å². The van der Waals surface area contributed by atoms with Gasteiger partial charge in [0.15, 0.2) is 0 Å². The topological polar surface area (TPSA) is 38.4 Å². The maximum absolute atomic E-state index is 6.17. The highest BCUT2D eigenvalue weighted by Gasteiger charge is 2.42. The van der Waals surface area contributed by atoms with E-state index in [0.29, 0.717) is 17.0 Å². The van der Waals surface area contributed by atoms with Crippen LogP contribution in [0.25, 0.3) is 0 Å². The lowest BCUT2D eigenvalue weighted by atomic mass is 9.78. The molecule has 18 heavy (non-hydrogen) atoms. The van der Waals surface area contributed by atoms with Gasteiger partial charge in [0.05, 0.1) is 5.54 Å². The second kappa shape index (κ2) is 5.32. The van der Waals surface area contributed by atoms with Gasteiger partial charge >= 0.3 is 0 Å². The Labute approximate surface area is 117 Å². The summed E-state index contributed by atoms with van der Waals surface area (Å²) in [4.78, 5) is 4.40. The number of amidine groups is 1. The number of hydrogen-bond acceptors (Lipinski definition) is 2. The predicted octanol–water partition coefficient (Wildman–Crippen LogP) is 3.11. The van der Waals surface area contributed by atoms with Crippen molar-refractivity contribution in [3.8, 4) is 0 Å². The molecule has 2 unspecified atom stereocenters. The van der Waals surface area contributed by atoms with Crippen molar-refractivity contribution in [1.82, 2.24) is 0 Å². The zero-order valence-corrected chi connectivity index (χ0v) is 13.3. The van der Waals surface area contributed by atoms with Gasteiger partial charge in [-0.15, -0.1) is 11.8 Å². The van der Waals surface area contributed by atoms with E-state index in [9.17, 15) is 0 Å². The Bertz CT molecular complexity index is 360. The maximum Gasteiger partial charge on any atom is 0.117 e. The Morgan fingerprint density at radius 2 is 2.00 bits per heavy atom. The molecule has 2 radical (unpaired) electrons. The molecule has 1 heterocycles. The molecule has 2 N–H and O–H groups in total. The van der Waals surface area contributed by atoms with Crippen LogP contribution >= 0.6 is 11.8 Å². The Morgan fingerprint density at radius 1 is 1.50 bits per heavy atom. The first kappa shape index (κ1) is 15.7. The summed E-state index contributed by atoms with van der Waals surface area (Å²) in [7, 11) is 6.17. The highest BCUT2D eigenvalue weighted by molar-refractivity contribution is 8.03. The third-order valence-corrected chi connectivity index (χ3v) is 5.06. The first-order valence-electron chi connectivity index (χ1n) is 6.54. The van der Waals surface area contributed by atoms with Crippen molar-refractivity contribution in [1.29, 1.82) is 0 Å². The summed E-state index contributed by atoms with van der Waals surface area (Å²) in [5, 5.41) is 0.711. The highest BCUT2D eigenvalue weighted by Crippen LogP contribution is 2.52. The molecule has 0 aromatic carbocycles. The lowest BCUT2D eigenvalue weighted by Gasteiger charge is -2.48. The van der Waals surface area contributed by atoms with Crippen LogP contribution in [0, 0.1) is 5.92 Å². The zero-order valence-electron chi connectivity index (χ0n) is 12.4. The quantitative estimate of drug-likeness (QED) is 0.483. The van der Waals surface area contributed by atoms with Crippen LogP contribution < -0.4 is 5.73 Å². The van der Waals surface area contributed by atoms with Gasteiger partial charge in [0.1, 0.15) is 13.7 Å². The second-order valence-corrected chi connectivity index (χ2v) is 8.38. The molecule has 0 aromatic heterocycles. The molecule has 1 aliphatic heterocycles. The molecule has 0 amide bonds. The van der Waals surface area contributed by atoms with E-state index in [1.807, 2.05) is 38.6 Å². The van der Waals surface area contributed by atoms with Crippen LogP contribution in [0.1, 0.15) is 48.0 Å². The Hall–Kier alpha value is -0.375. The van der Waals surface area contributed by atoms with Crippen LogP contribution in [0.5, 0.6) is 0 Å². The average molecular weight is 264 g/mol. The lowest BCUT2D eigenvalue weighted by Crippen LogP contribution is -2.43. The van der Waals surface area contributed by atoms with Gasteiger partial charge in [-0.3, -0.25) is 4.99 Å². The Balaban J connectivity index is 2.71. The second-order valence-electron chi connectivity index (χ2n) is 6.64. The average Bonchev–Trinajstić information content (AvgIpc) is 2.08. The summed E-state index contributed by atoms with van der Waals surface area (Å²) in [5.41, 5.74) is 6.60. The highest BCUT2D eigenvalue weighted by atomic mass is 32.2. The third-order valence-electron chi connectivity index (χ3n) is 3.12. The number of rotatable bonds is 3. The summed E-state index contributed by atoms with van der Waals surface area (Å²) in [6, 6.07) is 0. The third kappa shape index (κ3) is 4.08. The van der Waals surface area contributed by atoms with E-state index in [4.69, 9.17) is 13.6 Å². The van der Waals surface area contributed by atoms with Crippen molar-refractivity contribution in [3.63, 3.8) is 0 Å². The van der Waals surface area contributed by atoms with Crippen LogP contribution in [-0.4, -0.2) is 29.2 Å². The molecule has 0 bridgehead atoms. The van der Waals surface area contributed by atoms with Gasteiger partial charge in [-0.05, 0) is 46.1 Å². The summed E-state index contributed by atoms with van der Waals surface area (Å²) >= 11 is 1.95. The van der Waals surface area contributed by atoms with E-state index in [1.165, 1.54) is 0 Å². The van der Waals surface area contributed by atoms with Crippen molar-refractivity contribution in [2.45, 2.75) is 63.5 Å². The summed E-state index contributed by atoms with van der Waals surface area (Å²) in [6.45, 7) is 12.8. The molecule has 0 aliphatic carbocycles. The van der Waals surface area contributed by atoms with Crippen LogP contribution in [0.3, 0.4) is 0 Å². The minimum absolute atomic E-state index is 0.0347. The van der Waals surface area contributed by atoms with Gasteiger partial charge in [-0.25, -0.2) is 0 Å². The molecule has 1 rings (SSSR count). The van der Waals surface area contributed by atoms with Gasteiger partial charge in [-0.2, -0.15) is 0 Å². The number of thioether (sulfide) groups is 1. The zero-order chi connectivity index (χ0) is 14.1. The summed E-state index contributed by atoms with van der Waals surface area (Å²) in [6.07, 6.45) is 2.95. The molecule has 0 aromatic rings. The van der Waals surface area contributed by atoms with Gasteiger partial charge in [0, 0.05) is 10.00 Å². The van der Waals surface area contributed by atoms with Crippen molar-refractivity contribution >= 4 is 25.4 Å². The van der Waals surface area contributed by atoms with Crippen LogP contribution in [0.2, 0.25) is 0 Å². The smallest absolute Gasteiger partial charge is 0.117 e. The molecule has 1 saturated heterocycles. The summed E-state index contributed by atoms with van der Waals surface area (Å²) < 4.78 is 0.0347. The molecule has 2 nitrogen and oxygen atoms in total. The van der Waals surface area contributed by atoms with E-state index in [2.05, 4.69) is 25.8 Å². The molecule has 2 atom stereocenters. The van der Waals surface area contributed by atoms with E-state index in [1.54, 1.807) is 0 Å². The van der Waals surface area contributed by atoms with Crippen LogP contribution in [-0.2, 0) is 0 Å². The Kier molecular flexibility index (Phi) is 4.63. The van der Waals surface area contributed by atoms with Gasteiger partial charge in [0.25, 0.3) is 0 Å². The predicted molar refractivity (Wildman–Crippen MR) is 84.5 cm³/mol. The van der Waals surface area contributed by atoms with Gasteiger partial charge < -0.3 is 5.73 Å². The SMILES string of the molecule is [B]/C(=C/C(N)=NC(C)(C)C)C1(C)CC(C(C)C)S1. The fourth-order valence-corrected chi connectivity index (χ4v) is 3.53. The van der Waals surface area contributed by atoms with E-state index in [0.717, 1.165) is 11.9 Å². The Morgan fingerprint density at radius 3 is 2.39 bits per heavy atom. The van der Waals surface area contributed by atoms with Crippen molar-refractivity contribution in [3.05, 3.63) is 11.5 Å². The van der Waals surface area contributed by atoms with Gasteiger partial charge in [-0.1, -0.05) is 19.3 Å². The van der Waals surface area contributed by atoms with E-state index >= 15 is 0 Å². The van der Waals surface area contributed by atoms with Gasteiger partial charge in [0.2, 0.25) is 0 Å². The molecular formula is C14H25BN2S. The van der Waals surface area contributed by atoms with Crippen LogP contribution in [0.15, 0.2) is 16.5 Å². The molecule has 1 aliphatic rings. The molecule has 0 saturated carbocycles. The standard InChI is InChI=1S/C14H25BN2S/c1-9(2)10-8-14(6,18-10)11(15)7-12(16)17-13(3,4)5/h7,9-10H,8H2,1-6H3,(H2,16,17)/b11-7+. The summed E-state index contributed by atoms with van der Waals surface area (Å²) in [5.74, 6) is 1.23. The fraction of sp³-hybridized carbons (Fsp3) is 0.786. The molecule has 4 heteroatoms. The number of hydrogen-bond donors (Lipinski definition) is 1. The molecule has 0 spiro atoms. The number of nitrogens with zero attached hydrogens (tertiary/aromatic N) is 1. The number of aliphatic imine (C=N–C) groups is 1. The lowest BCUT2D eigenvalue weighted by molar-refractivity contribution is 0.490. The van der Waals surface area contributed by atoms with Crippen molar-refractivity contribution in [2.75, 3.05) is 0 Å².